The quantitative estimate of drug-likeness (QED) is 0.730. The van der Waals surface area contributed by atoms with E-state index in [-0.39, 0.29) is 17.1 Å². The summed E-state index contributed by atoms with van der Waals surface area (Å²) in [7, 11) is 0. The zero-order chi connectivity index (χ0) is 14.8. The van der Waals surface area contributed by atoms with Gasteiger partial charge in [0, 0.05) is 19.7 Å². The number of H-pyrrole nitrogens is 1. The van der Waals surface area contributed by atoms with Gasteiger partial charge >= 0.3 is 5.69 Å². The third-order valence-electron chi connectivity index (χ3n) is 3.63. The number of nitrogens with one attached hydrogen (secondary N) is 2. The maximum absolute atomic E-state index is 11.9. The van der Waals surface area contributed by atoms with Gasteiger partial charge in [-0.2, -0.15) is 0 Å². The molecule has 0 aromatic carbocycles. The molecule has 1 aromatic rings. The van der Waals surface area contributed by atoms with Gasteiger partial charge in [-0.15, -0.1) is 0 Å². The highest BCUT2D eigenvalue weighted by Gasteiger charge is 2.30. The van der Waals surface area contributed by atoms with Crippen molar-refractivity contribution in [1.82, 2.24) is 9.55 Å². The molecule has 1 aromatic heterocycles. The minimum atomic E-state index is -0.485. The summed E-state index contributed by atoms with van der Waals surface area (Å²) in [5.41, 5.74) is 4.94. The van der Waals surface area contributed by atoms with Gasteiger partial charge in [0.25, 0.3) is 5.56 Å². The number of nitrogen functional groups attached to an aromatic ring is 1. The lowest BCUT2D eigenvalue weighted by Gasteiger charge is -2.24. The highest BCUT2D eigenvalue weighted by atomic mass is 16.5. The van der Waals surface area contributed by atoms with E-state index in [1.54, 1.807) is 0 Å². The van der Waals surface area contributed by atoms with Gasteiger partial charge < -0.3 is 15.8 Å². The summed E-state index contributed by atoms with van der Waals surface area (Å²) in [6, 6.07) is 0. The van der Waals surface area contributed by atoms with Crippen LogP contribution < -0.4 is 22.3 Å². The molecule has 0 amide bonds. The van der Waals surface area contributed by atoms with Gasteiger partial charge in [-0.05, 0) is 26.2 Å². The highest BCUT2D eigenvalue weighted by molar-refractivity contribution is 5.60. The SMILES string of the molecule is CCCn1c(N)c(NCC2(C)CCCO2)c(=O)[nH]c1=O. The minimum Gasteiger partial charge on any atom is -0.383 e. The van der Waals surface area contributed by atoms with E-state index in [2.05, 4.69) is 10.3 Å². The molecule has 0 spiro atoms. The molecule has 0 bridgehead atoms. The van der Waals surface area contributed by atoms with Crippen molar-refractivity contribution in [3.8, 4) is 0 Å². The molecule has 1 fully saturated rings. The Morgan fingerprint density at radius 1 is 1.50 bits per heavy atom. The van der Waals surface area contributed by atoms with Gasteiger partial charge in [0.15, 0.2) is 0 Å². The second-order valence-corrected chi connectivity index (χ2v) is 5.43. The van der Waals surface area contributed by atoms with Crippen LogP contribution >= 0.6 is 0 Å². The summed E-state index contributed by atoms with van der Waals surface area (Å²) in [6.45, 7) is 5.64. The molecular weight excluding hydrogens is 260 g/mol. The first-order valence-electron chi connectivity index (χ1n) is 6.97. The molecule has 0 aliphatic carbocycles. The Bertz CT molecular complexity index is 584. The number of hydrogen-bond acceptors (Lipinski definition) is 5. The Morgan fingerprint density at radius 3 is 2.85 bits per heavy atom. The van der Waals surface area contributed by atoms with Crippen molar-refractivity contribution in [1.29, 1.82) is 0 Å². The van der Waals surface area contributed by atoms with Crippen LogP contribution in [0.4, 0.5) is 11.5 Å². The predicted octanol–water partition coefficient (Wildman–Crippen LogP) is 0.510. The Morgan fingerprint density at radius 2 is 2.25 bits per heavy atom. The molecule has 7 nitrogen and oxygen atoms in total. The van der Waals surface area contributed by atoms with E-state index >= 15 is 0 Å². The normalized spacial score (nSPS) is 22.1. The van der Waals surface area contributed by atoms with Crippen molar-refractivity contribution in [2.45, 2.75) is 45.3 Å². The molecule has 1 saturated heterocycles. The summed E-state index contributed by atoms with van der Waals surface area (Å²) in [5.74, 6) is 0.183. The van der Waals surface area contributed by atoms with E-state index < -0.39 is 11.2 Å². The molecule has 1 atom stereocenters. The molecule has 4 N–H and O–H groups in total. The van der Waals surface area contributed by atoms with Gasteiger partial charge in [-0.25, -0.2) is 4.79 Å². The van der Waals surface area contributed by atoms with Crippen molar-refractivity contribution in [3.05, 3.63) is 20.8 Å². The van der Waals surface area contributed by atoms with Crippen molar-refractivity contribution in [3.63, 3.8) is 0 Å². The van der Waals surface area contributed by atoms with E-state index in [9.17, 15) is 9.59 Å². The average molecular weight is 282 g/mol. The van der Waals surface area contributed by atoms with Crippen molar-refractivity contribution in [2.24, 2.45) is 0 Å². The maximum Gasteiger partial charge on any atom is 0.330 e. The van der Waals surface area contributed by atoms with Gasteiger partial charge in [0.2, 0.25) is 0 Å². The Labute approximate surface area is 117 Å². The van der Waals surface area contributed by atoms with E-state index in [1.165, 1.54) is 4.57 Å². The van der Waals surface area contributed by atoms with Crippen molar-refractivity contribution >= 4 is 11.5 Å². The standard InChI is InChI=1S/C13H22N4O3/c1-3-6-17-10(14)9(11(18)16-12(17)19)15-8-13(2)5-4-7-20-13/h15H,3-8,14H2,1-2H3,(H,16,18,19). The fraction of sp³-hybridized carbons (Fsp3) is 0.692. The van der Waals surface area contributed by atoms with Crippen LogP contribution in [0.1, 0.15) is 33.1 Å². The van der Waals surface area contributed by atoms with Crippen LogP contribution in [0.25, 0.3) is 0 Å². The minimum absolute atomic E-state index is 0.183. The average Bonchev–Trinajstić information content (AvgIpc) is 2.81. The lowest BCUT2D eigenvalue weighted by molar-refractivity contribution is 0.0315. The fourth-order valence-corrected chi connectivity index (χ4v) is 2.46. The number of anilines is 2. The number of hydrogen-bond donors (Lipinski definition) is 3. The summed E-state index contributed by atoms with van der Waals surface area (Å²) in [6.07, 6.45) is 2.71. The Balaban J connectivity index is 2.25. The Kier molecular flexibility index (Phi) is 4.17. The summed E-state index contributed by atoms with van der Waals surface area (Å²) in [4.78, 5) is 25.9. The molecule has 1 aliphatic rings. The second-order valence-electron chi connectivity index (χ2n) is 5.43. The number of rotatable bonds is 5. The van der Waals surface area contributed by atoms with Crippen LogP contribution in [0.3, 0.4) is 0 Å². The van der Waals surface area contributed by atoms with Crippen LogP contribution in [0, 0.1) is 0 Å². The molecule has 7 heteroatoms. The van der Waals surface area contributed by atoms with Crippen LogP contribution in [0.2, 0.25) is 0 Å². The molecular formula is C13H22N4O3. The van der Waals surface area contributed by atoms with Crippen molar-refractivity contribution < 1.29 is 4.74 Å². The summed E-state index contributed by atoms with van der Waals surface area (Å²) in [5, 5.41) is 3.04. The molecule has 0 radical (unpaired) electrons. The van der Waals surface area contributed by atoms with Gasteiger partial charge in [-0.1, -0.05) is 6.92 Å². The predicted molar refractivity (Wildman–Crippen MR) is 78.1 cm³/mol. The van der Waals surface area contributed by atoms with Crippen LogP contribution in [-0.4, -0.2) is 28.3 Å². The number of nitrogens with zero attached hydrogens (tertiary/aromatic N) is 1. The van der Waals surface area contributed by atoms with E-state index in [0.717, 1.165) is 25.9 Å². The molecule has 112 valence electrons. The first kappa shape index (κ1) is 14.6. The first-order valence-corrected chi connectivity index (χ1v) is 6.97. The largest absolute Gasteiger partial charge is 0.383 e. The smallest absolute Gasteiger partial charge is 0.330 e. The molecule has 1 aliphatic heterocycles. The lowest BCUT2D eigenvalue weighted by atomic mass is 10.0. The summed E-state index contributed by atoms with van der Waals surface area (Å²) < 4.78 is 7.04. The van der Waals surface area contributed by atoms with Crippen LogP contribution in [0.5, 0.6) is 0 Å². The highest BCUT2D eigenvalue weighted by Crippen LogP contribution is 2.25. The number of nitrogens with two attached hydrogens (primary N) is 1. The first-order chi connectivity index (χ1) is 9.47. The molecule has 0 saturated carbocycles. The monoisotopic (exact) mass is 282 g/mol. The molecule has 1 unspecified atom stereocenters. The third-order valence-corrected chi connectivity index (χ3v) is 3.63. The Hall–Kier alpha value is -1.76. The van der Waals surface area contributed by atoms with Crippen LogP contribution in [-0.2, 0) is 11.3 Å². The zero-order valence-corrected chi connectivity index (χ0v) is 12.0. The van der Waals surface area contributed by atoms with Crippen LogP contribution in [0.15, 0.2) is 9.59 Å². The molecule has 20 heavy (non-hydrogen) atoms. The topological polar surface area (TPSA) is 102 Å². The number of ether oxygens (including phenoxy) is 1. The second kappa shape index (κ2) is 5.70. The number of aromatic amines is 1. The van der Waals surface area contributed by atoms with E-state index in [4.69, 9.17) is 10.5 Å². The zero-order valence-electron chi connectivity index (χ0n) is 12.0. The third kappa shape index (κ3) is 2.87. The van der Waals surface area contributed by atoms with Gasteiger partial charge in [-0.3, -0.25) is 14.3 Å². The van der Waals surface area contributed by atoms with Gasteiger partial charge in [0.1, 0.15) is 11.5 Å². The van der Waals surface area contributed by atoms with E-state index in [0.29, 0.717) is 13.1 Å². The summed E-state index contributed by atoms with van der Waals surface area (Å²) >= 11 is 0. The maximum atomic E-state index is 11.9. The fourth-order valence-electron chi connectivity index (χ4n) is 2.46. The lowest BCUT2D eigenvalue weighted by Crippen LogP contribution is -2.38. The number of aromatic nitrogens is 2. The van der Waals surface area contributed by atoms with E-state index in [1.807, 2.05) is 13.8 Å². The van der Waals surface area contributed by atoms with Gasteiger partial charge in [0.05, 0.1) is 5.60 Å². The molecule has 2 rings (SSSR count). The van der Waals surface area contributed by atoms with Crippen molar-refractivity contribution in [2.75, 3.05) is 24.2 Å². The molecule has 2 heterocycles.